The molecule has 3 rings (SSSR count). The van der Waals surface area contributed by atoms with Crippen molar-refractivity contribution in [3.8, 4) is 5.75 Å². The zero-order valence-corrected chi connectivity index (χ0v) is 16.0. The Bertz CT molecular complexity index is 845. The summed E-state index contributed by atoms with van der Waals surface area (Å²) in [5.41, 5.74) is 6.41. The molecule has 0 aliphatic carbocycles. The van der Waals surface area contributed by atoms with Gasteiger partial charge in [-0.05, 0) is 45.0 Å². The lowest BCUT2D eigenvalue weighted by Gasteiger charge is -2.20. The number of hydrogen-bond donors (Lipinski definition) is 0. The molecule has 0 saturated carbocycles. The molecule has 0 amide bonds. The molecular weight excluding hydrogens is 308 g/mol. The Morgan fingerprint density at radius 1 is 1.08 bits per heavy atom. The van der Waals surface area contributed by atoms with Gasteiger partial charge >= 0.3 is 0 Å². The number of methoxy groups -OCH3 is 1. The van der Waals surface area contributed by atoms with Gasteiger partial charge in [-0.15, -0.1) is 0 Å². The minimum atomic E-state index is -0.00727. The van der Waals surface area contributed by atoms with Crippen LogP contribution in [0.1, 0.15) is 26.3 Å². The fraction of sp³-hybridized carbons (Fsp3) is 0.318. The summed E-state index contributed by atoms with van der Waals surface area (Å²) in [5.74, 6) is 0.874. The SMILES string of the molecule is COc1ccc(N(C)C=C(C)C2=[N+](C)c3ccccc3C2(C)C)cc1. The summed E-state index contributed by atoms with van der Waals surface area (Å²) in [4.78, 5) is 2.16. The van der Waals surface area contributed by atoms with Crippen LogP contribution in [0.25, 0.3) is 0 Å². The van der Waals surface area contributed by atoms with Gasteiger partial charge in [-0.25, -0.2) is 0 Å². The molecule has 0 atom stereocenters. The molecule has 1 aliphatic rings. The average molecular weight is 335 g/mol. The summed E-state index contributed by atoms with van der Waals surface area (Å²) in [6.07, 6.45) is 2.21. The number of para-hydroxylation sites is 1. The molecule has 0 N–H and O–H groups in total. The third-order valence-corrected chi connectivity index (χ3v) is 5.11. The molecule has 130 valence electrons. The summed E-state index contributed by atoms with van der Waals surface area (Å²) < 4.78 is 7.57. The number of fused-ring (bicyclic) bond motifs is 1. The van der Waals surface area contributed by atoms with Crippen molar-refractivity contribution in [2.75, 3.05) is 26.1 Å². The van der Waals surface area contributed by atoms with Crippen molar-refractivity contribution in [3.63, 3.8) is 0 Å². The Hall–Kier alpha value is -2.55. The maximum absolute atomic E-state index is 5.24. The number of benzene rings is 2. The Morgan fingerprint density at radius 2 is 1.72 bits per heavy atom. The molecule has 3 nitrogen and oxygen atoms in total. The van der Waals surface area contributed by atoms with E-state index in [4.69, 9.17) is 4.74 Å². The highest BCUT2D eigenvalue weighted by atomic mass is 16.5. The first kappa shape index (κ1) is 17.3. The van der Waals surface area contributed by atoms with Crippen molar-refractivity contribution < 1.29 is 9.31 Å². The summed E-state index contributed by atoms with van der Waals surface area (Å²) >= 11 is 0. The summed E-state index contributed by atoms with van der Waals surface area (Å²) in [5, 5.41) is 0. The van der Waals surface area contributed by atoms with E-state index in [2.05, 4.69) is 86.9 Å². The third-order valence-electron chi connectivity index (χ3n) is 5.11. The van der Waals surface area contributed by atoms with Crippen molar-refractivity contribution in [3.05, 3.63) is 65.9 Å². The lowest BCUT2D eigenvalue weighted by atomic mass is 9.79. The molecule has 25 heavy (non-hydrogen) atoms. The number of ether oxygens (including phenoxy) is 1. The average Bonchev–Trinajstić information content (AvgIpc) is 2.81. The van der Waals surface area contributed by atoms with Gasteiger partial charge in [0.15, 0.2) is 5.71 Å². The van der Waals surface area contributed by atoms with Crippen molar-refractivity contribution in [2.24, 2.45) is 0 Å². The van der Waals surface area contributed by atoms with Crippen LogP contribution in [0, 0.1) is 0 Å². The van der Waals surface area contributed by atoms with E-state index >= 15 is 0 Å². The second-order valence-corrected chi connectivity index (χ2v) is 7.17. The molecule has 0 bridgehead atoms. The molecule has 0 saturated heterocycles. The van der Waals surface area contributed by atoms with Gasteiger partial charge in [0.25, 0.3) is 0 Å². The van der Waals surface area contributed by atoms with E-state index in [0.717, 1.165) is 11.4 Å². The van der Waals surface area contributed by atoms with E-state index in [-0.39, 0.29) is 5.41 Å². The van der Waals surface area contributed by atoms with Gasteiger partial charge in [-0.1, -0.05) is 18.2 Å². The molecule has 0 fully saturated rings. The maximum Gasteiger partial charge on any atom is 0.209 e. The van der Waals surface area contributed by atoms with Gasteiger partial charge in [0, 0.05) is 36.1 Å². The third kappa shape index (κ3) is 2.95. The molecule has 1 heterocycles. The van der Waals surface area contributed by atoms with Crippen LogP contribution in [0.3, 0.4) is 0 Å². The highest BCUT2D eigenvalue weighted by Gasteiger charge is 2.44. The highest BCUT2D eigenvalue weighted by Crippen LogP contribution is 2.40. The molecule has 0 unspecified atom stereocenters. The van der Waals surface area contributed by atoms with E-state index in [1.807, 2.05) is 12.1 Å². The van der Waals surface area contributed by atoms with E-state index < -0.39 is 0 Å². The number of hydrogen-bond acceptors (Lipinski definition) is 2. The Morgan fingerprint density at radius 3 is 2.32 bits per heavy atom. The minimum Gasteiger partial charge on any atom is -0.497 e. The zero-order valence-electron chi connectivity index (χ0n) is 16.0. The number of anilines is 1. The Kier molecular flexibility index (Phi) is 4.42. The van der Waals surface area contributed by atoms with Gasteiger partial charge in [0.2, 0.25) is 5.69 Å². The lowest BCUT2D eigenvalue weighted by Crippen LogP contribution is -2.30. The normalized spacial score (nSPS) is 16.0. The monoisotopic (exact) mass is 335 g/mol. The fourth-order valence-electron chi connectivity index (χ4n) is 3.96. The van der Waals surface area contributed by atoms with E-state index in [1.165, 1.54) is 22.5 Å². The number of rotatable bonds is 4. The van der Waals surface area contributed by atoms with E-state index in [1.54, 1.807) is 7.11 Å². The van der Waals surface area contributed by atoms with Crippen molar-refractivity contribution in [1.82, 2.24) is 0 Å². The molecule has 0 aromatic heterocycles. The molecule has 3 heteroatoms. The van der Waals surface area contributed by atoms with Crippen LogP contribution in [-0.4, -0.2) is 31.5 Å². The Balaban J connectivity index is 1.95. The van der Waals surface area contributed by atoms with Gasteiger partial charge < -0.3 is 9.64 Å². The van der Waals surface area contributed by atoms with Crippen LogP contribution < -0.4 is 9.64 Å². The smallest absolute Gasteiger partial charge is 0.209 e. The lowest BCUT2D eigenvalue weighted by molar-refractivity contribution is -0.402. The van der Waals surface area contributed by atoms with Gasteiger partial charge in [0.05, 0.1) is 12.5 Å². The standard InChI is InChI=1S/C22H27N2O/c1-16(15-23(4)17-11-13-18(25-6)14-12-17)21-22(2,3)19-9-7-8-10-20(19)24(21)5/h7-15H,1-6H3/q+1. The zero-order chi connectivity index (χ0) is 18.2. The molecule has 1 aliphatic heterocycles. The topological polar surface area (TPSA) is 15.5 Å². The van der Waals surface area contributed by atoms with Crippen molar-refractivity contribution >= 4 is 17.1 Å². The predicted molar refractivity (Wildman–Crippen MR) is 105 cm³/mol. The van der Waals surface area contributed by atoms with E-state index in [0.29, 0.717) is 0 Å². The summed E-state index contributed by atoms with van der Waals surface area (Å²) in [6.45, 7) is 6.80. The first-order valence-corrected chi connectivity index (χ1v) is 8.62. The van der Waals surface area contributed by atoms with Crippen LogP contribution in [0.5, 0.6) is 5.75 Å². The number of allylic oxidation sites excluding steroid dienone is 1. The predicted octanol–water partition coefficient (Wildman–Crippen LogP) is 4.74. The first-order chi connectivity index (χ1) is 11.9. The van der Waals surface area contributed by atoms with E-state index in [9.17, 15) is 0 Å². The molecular formula is C22H27N2O+. The first-order valence-electron chi connectivity index (χ1n) is 8.62. The van der Waals surface area contributed by atoms with Crippen molar-refractivity contribution in [2.45, 2.75) is 26.2 Å². The van der Waals surface area contributed by atoms with Gasteiger partial charge in [0.1, 0.15) is 12.8 Å². The quantitative estimate of drug-likeness (QED) is 0.750. The van der Waals surface area contributed by atoms with Gasteiger partial charge in [-0.2, -0.15) is 4.58 Å². The fourth-order valence-corrected chi connectivity index (χ4v) is 3.96. The summed E-state index contributed by atoms with van der Waals surface area (Å²) in [6, 6.07) is 16.8. The molecule has 2 aromatic carbocycles. The van der Waals surface area contributed by atoms with Crippen LogP contribution in [0.2, 0.25) is 0 Å². The molecule has 0 spiro atoms. The molecule has 0 radical (unpaired) electrons. The minimum absolute atomic E-state index is 0.00727. The maximum atomic E-state index is 5.24. The second-order valence-electron chi connectivity index (χ2n) is 7.17. The van der Waals surface area contributed by atoms with Crippen molar-refractivity contribution in [1.29, 1.82) is 0 Å². The molecule has 2 aromatic rings. The van der Waals surface area contributed by atoms with Crippen LogP contribution >= 0.6 is 0 Å². The van der Waals surface area contributed by atoms with Crippen LogP contribution in [-0.2, 0) is 5.41 Å². The second kappa shape index (κ2) is 6.40. The summed E-state index contributed by atoms with van der Waals surface area (Å²) in [7, 11) is 5.93. The Labute approximate surface area is 150 Å². The van der Waals surface area contributed by atoms with Gasteiger partial charge in [-0.3, -0.25) is 0 Å². The highest BCUT2D eigenvalue weighted by molar-refractivity contribution is 6.06. The van der Waals surface area contributed by atoms with Crippen LogP contribution in [0.15, 0.2) is 60.3 Å². The largest absolute Gasteiger partial charge is 0.497 e. The number of nitrogens with zero attached hydrogens (tertiary/aromatic N) is 2. The van der Waals surface area contributed by atoms with Crippen LogP contribution in [0.4, 0.5) is 11.4 Å².